The fourth-order valence-electron chi connectivity index (χ4n) is 5.68. The maximum atomic E-state index is 13.5. The number of aliphatic carboxylic acids is 1. The molecule has 0 aromatic rings. The number of carbonyl (C=O) groups excluding carboxylic acids is 1. The van der Waals surface area contributed by atoms with Crippen molar-refractivity contribution in [2.45, 2.75) is 82.7 Å². The van der Waals surface area contributed by atoms with Crippen LogP contribution in [0.25, 0.3) is 0 Å². The van der Waals surface area contributed by atoms with Gasteiger partial charge in [-0.1, -0.05) is 43.4 Å². The second kappa shape index (κ2) is 13.7. The number of carbonyl (C=O) groups is 2. The van der Waals surface area contributed by atoms with Crippen molar-refractivity contribution in [1.29, 1.82) is 0 Å². The topological polar surface area (TPSA) is 124 Å². The summed E-state index contributed by atoms with van der Waals surface area (Å²) in [6, 6.07) is 0. The van der Waals surface area contributed by atoms with Crippen molar-refractivity contribution in [3.8, 4) is 0 Å². The molecule has 7 heteroatoms. The Bertz CT molecular complexity index is 831. The van der Waals surface area contributed by atoms with E-state index in [9.17, 15) is 24.9 Å². The van der Waals surface area contributed by atoms with E-state index in [1.54, 1.807) is 18.2 Å². The van der Waals surface area contributed by atoms with Crippen LogP contribution in [0.2, 0.25) is 0 Å². The van der Waals surface area contributed by atoms with E-state index in [0.29, 0.717) is 32.1 Å². The molecule has 0 aromatic carbocycles. The number of hydrogen-bond acceptors (Lipinski definition) is 6. The van der Waals surface area contributed by atoms with Gasteiger partial charge in [-0.3, -0.25) is 9.59 Å². The van der Waals surface area contributed by atoms with Crippen molar-refractivity contribution in [2.75, 3.05) is 0 Å². The summed E-state index contributed by atoms with van der Waals surface area (Å²) in [5.41, 5.74) is 0.0661. The van der Waals surface area contributed by atoms with Crippen LogP contribution < -0.4 is 0 Å². The number of carboxylic acid groups (broad SMARTS) is 1. The standard InChI is InChI=1S/C29H42O7/c1-5-12-29(13-6-2,14-7-3)28(35)36-25-17-22(31)15-20-9-8-19(4)24(27(20)25)11-10-21(30)16-23(32)18-26(33)34/h5-9,15,19,21-25,27,30-32H,1-3,10-14,16-18H2,4H3,(H,33,34). The van der Waals surface area contributed by atoms with E-state index in [1.807, 2.05) is 12.2 Å². The van der Waals surface area contributed by atoms with Crippen LogP contribution in [0.3, 0.4) is 0 Å². The maximum absolute atomic E-state index is 13.5. The van der Waals surface area contributed by atoms with Crippen LogP contribution in [0.4, 0.5) is 0 Å². The Labute approximate surface area is 214 Å². The van der Waals surface area contributed by atoms with E-state index >= 15 is 0 Å². The van der Waals surface area contributed by atoms with Gasteiger partial charge in [0.1, 0.15) is 6.10 Å². The third-order valence-electron chi connectivity index (χ3n) is 7.46. The minimum atomic E-state index is -1.11. The third-order valence-corrected chi connectivity index (χ3v) is 7.46. The van der Waals surface area contributed by atoms with Crippen LogP contribution in [-0.4, -0.2) is 56.8 Å². The smallest absolute Gasteiger partial charge is 0.313 e. The first-order valence-electron chi connectivity index (χ1n) is 12.8. The van der Waals surface area contributed by atoms with Gasteiger partial charge < -0.3 is 25.2 Å². The Morgan fingerprint density at radius 1 is 1.14 bits per heavy atom. The normalized spacial score (nSPS) is 27.2. The first-order chi connectivity index (χ1) is 17.1. The molecule has 2 rings (SSSR count). The molecule has 0 amide bonds. The van der Waals surface area contributed by atoms with Gasteiger partial charge in [0, 0.05) is 12.3 Å². The van der Waals surface area contributed by atoms with E-state index in [0.717, 1.165) is 5.57 Å². The van der Waals surface area contributed by atoms with Crippen molar-refractivity contribution in [3.63, 3.8) is 0 Å². The lowest BCUT2D eigenvalue weighted by Crippen LogP contribution is -2.45. The largest absolute Gasteiger partial charge is 0.481 e. The Balaban J connectivity index is 2.23. The van der Waals surface area contributed by atoms with E-state index < -0.39 is 42.2 Å². The summed E-state index contributed by atoms with van der Waals surface area (Å²) >= 11 is 0. The predicted octanol–water partition coefficient (Wildman–Crippen LogP) is 4.11. The molecule has 2 aliphatic carbocycles. The van der Waals surface area contributed by atoms with Crippen molar-refractivity contribution in [2.24, 2.45) is 23.2 Å². The van der Waals surface area contributed by atoms with Gasteiger partial charge in [-0.05, 0) is 55.9 Å². The van der Waals surface area contributed by atoms with Crippen LogP contribution in [-0.2, 0) is 14.3 Å². The quantitative estimate of drug-likeness (QED) is 0.196. The van der Waals surface area contributed by atoms with Crippen molar-refractivity contribution < 1.29 is 34.8 Å². The fourth-order valence-corrected chi connectivity index (χ4v) is 5.68. The molecule has 7 atom stereocenters. The van der Waals surface area contributed by atoms with Gasteiger partial charge in [-0.25, -0.2) is 0 Å². The van der Waals surface area contributed by atoms with E-state index in [1.165, 1.54) is 0 Å². The number of fused-ring (bicyclic) bond motifs is 1. The molecule has 0 saturated carbocycles. The molecule has 0 fully saturated rings. The number of rotatable bonds is 15. The minimum absolute atomic E-state index is 0.0130. The molecule has 0 bridgehead atoms. The molecule has 0 aliphatic heterocycles. The summed E-state index contributed by atoms with van der Waals surface area (Å²) in [4.78, 5) is 24.4. The highest BCUT2D eigenvalue weighted by Gasteiger charge is 2.45. The molecule has 7 nitrogen and oxygen atoms in total. The zero-order valence-corrected chi connectivity index (χ0v) is 21.3. The van der Waals surface area contributed by atoms with Gasteiger partial charge in [0.2, 0.25) is 0 Å². The van der Waals surface area contributed by atoms with E-state index in [2.05, 4.69) is 32.7 Å². The number of carboxylic acids is 1. The van der Waals surface area contributed by atoms with Gasteiger partial charge in [0.15, 0.2) is 0 Å². The maximum Gasteiger partial charge on any atom is 0.313 e. The van der Waals surface area contributed by atoms with Gasteiger partial charge in [0.05, 0.1) is 30.1 Å². The second-order valence-electron chi connectivity index (χ2n) is 10.3. The lowest BCUT2D eigenvalue weighted by molar-refractivity contribution is -0.167. The molecule has 0 heterocycles. The average molecular weight is 503 g/mol. The predicted molar refractivity (Wildman–Crippen MR) is 139 cm³/mol. The summed E-state index contributed by atoms with van der Waals surface area (Å²) in [6.07, 6.45) is 9.77. The highest BCUT2D eigenvalue weighted by molar-refractivity contribution is 5.78. The van der Waals surface area contributed by atoms with Gasteiger partial charge in [-0.15, -0.1) is 19.7 Å². The molecule has 2 aliphatic rings. The van der Waals surface area contributed by atoms with E-state index in [-0.39, 0.29) is 36.6 Å². The number of aliphatic hydroxyl groups is 3. The molecule has 0 aromatic heterocycles. The molecule has 36 heavy (non-hydrogen) atoms. The lowest BCUT2D eigenvalue weighted by atomic mass is 9.66. The van der Waals surface area contributed by atoms with Crippen LogP contribution in [0, 0.1) is 23.2 Å². The van der Waals surface area contributed by atoms with Crippen LogP contribution in [0.5, 0.6) is 0 Å². The van der Waals surface area contributed by atoms with Crippen molar-refractivity contribution in [3.05, 3.63) is 61.8 Å². The number of aliphatic hydroxyl groups excluding tert-OH is 3. The molecule has 0 radical (unpaired) electrons. The summed E-state index contributed by atoms with van der Waals surface area (Å²) in [5.74, 6) is -1.45. The number of esters is 1. The van der Waals surface area contributed by atoms with Gasteiger partial charge in [0.25, 0.3) is 0 Å². The van der Waals surface area contributed by atoms with Crippen LogP contribution in [0.1, 0.15) is 58.3 Å². The van der Waals surface area contributed by atoms with E-state index in [4.69, 9.17) is 9.84 Å². The lowest BCUT2D eigenvalue weighted by Gasteiger charge is -2.44. The van der Waals surface area contributed by atoms with Crippen molar-refractivity contribution in [1.82, 2.24) is 0 Å². The molecular weight excluding hydrogens is 460 g/mol. The summed E-state index contributed by atoms with van der Waals surface area (Å²) in [6.45, 7) is 13.5. The number of ether oxygens (including phenoxy) is 1. The summed E-state index contributed by atoms with van der Waals surface area (Å²) < 4.78 is 6.16. The number of hydrogen-bond donors (Lipinski definition) is 4. The zero-order valence-electron chi connectivity index (χ0n) is 21.3. The average Bonchev–Trinajstić information content (AvgIpc) is 2.78. The SMILES string of the molecule is C=CCC(CC=C)(CC=C)C(=O)OC1CC(O)C=C2C=CC(C)C(CCC(O)CC(O)CC(=O)O)C21. The Hall–Kier alpha value is -2.48. The Morgan fingerprint density at radius 2 is 1.75 bits per heavy atom. The molecule has 0 spiro atoms. The Kier molecular flexibility index (Phi) is 11.3. The van der Waals surface area contributed by atoms with Crippen molar-refractivity contribution >= 4 is 11.9 Å². The summed E-state index contributed by atoms with van der Waals surface area (Å²) in [5, 5.41) is 39.7. The monoisotopic (exact) mass is 502 g/mol. The molecule has 4 N–H and O–H groups in total. The molecular formula is C29H42O7. The fraction of sp³-hybridized carbons (Fsp3) is 0.586. The first-order valence-corrected chi connectivity index (χ1v) is 12.8. The van der Waals surface area contributed by atoms with Crippen LogP contribution in [0.15, 0.2) is 61.8 Å². The van der Waals surface area contributed by atoms with Gasteiger partial charge >= 0.3 is 11.9 Å². The summed E-state index contributed by atoms with van der Waals surface area (Å²) in [7, 11) is 0. The highest BCUT2D eigenvalue weighted by Crippen LogP contribution is 2.45. The molecule has 7 unspecified atom stereocenters. The third kappa shape index (κ3) is 7.76. The number of allylic oxidation sites excluding steroid dienone is 5. The highest BCUT2D eigenvalue weighted by atomic mass is 16.5. The molecule has 200 valence electrons. The zero-order chi connectivity index (χ0) is 26.9. The Morgan fingerprint density at radius 3 is 2.31 bits per heavy atom. The minimum Gasteiger partial charge on any atom is -0.481 e. The van der Waals surface area contributed by atoms with Gasteiger partial charge in [-0.2, -0.15) is 0 Å². The first kappa shape index (κ1) is 29.7. The second-order valence-corrected chi connectivity index (χ2v) is 10.3. The molecule has 0 saturated heterocycles. The van der Waals surface area contributed by atoms with Crippen LogP contribution >= 0.6 is 0 Å².